The fraction of sp³-hybridized carbons (Fsp3) is 0.320. The first-order valence-corrected chi connectivity index (χ1v) is 10.5. The van der Waals surface area contributed by atoms with Gasteiger partial charge < -0.3 is 20.5 Å². The van der Waals surface area contributed by atoms with E-state index in [9.17, 15) is 4.79 Å². The number of aliphatic hydroxyl groups excluding tert-OH is 1. The zero-order valence-corrected chi connectivity index (χ0v) is 17.3. The minimum absolute atomic E-state index is 0.0678. The van der Waals surface area contributed by atoms with Crippen LogP contribution >= 0.6 is 0 Å². The van der Waals surface area contributed by atoms with Crippen LogP contribution in [0.25, 0.3) is 10.8 Å². The molecule has 3 N–H and O–H groups in total. The van der Waals surface area contributed by atoms with Crippen LogP contribution in [0.15, 0.2) is 60.7 Å². The van der Waals surface area contributed by atoms with Gasteiger partial charge >= 0.3 is 0 Å². The molecule has 0 aromatic heterocycles. The van der Waals surface area contributed by atoms with Crippen molar-refractivity contribution in [2.75, 3.05) is 26.3 Å². The van der Waals surface area contributed by atoms with E-state index in [0.717, 1.165) is 18.4 Å². The summed E-state index contributed by atoms with van der Waals surface area (Å²) in [4.78, 5) is 13.2. The molecule has 4 rings (SSSR count). The van der Waals surface area contributed by atoms with Crippen LogP contribution in [0.2, 0.25) is 0 Å². The van der Waals surface area contributed by atoms with Crippen molar-refractivity contribution in [2.24, 2.45) is 0 Å². The molecular weight excluding hydrogens is 376 g/mol. The van der Waals surface area contributed by atoms with Crippen LogP contribution in [0.5, 0.6) is 5.75 Å². The van der Waals surface area contributed by atoms with Gasteiger partial charge in [-0.1, -0.05) is 48.5 Å². The van der Waals surface area contributed by atoms with Gasteiger partial charge in [0.05, 0.1) is 12.1 Å². The molecule has 1 aliphatic carbocycles. The largest absolute Gasteiger partial charge is 0.492 e. The highest BCUT2D eigenvalue weighted by atomic mass is 16.5. The average molecular weight is 405 g/mol. The zero-order valence-electron chi connectivity index (χ0n) is 17.3. The molecule has 0 radical (unpaired) electrons. The number of benzene rings is 3. The van der Waals surface area contributed by atoms with Crippen molar-refractivity contribution in [2.45, 2.75) is 25.3 Å². The van der Waals surface area contributed by atoms with Crippen molar-refractivity contribution in [3.8, 4) is 5.75 Å². The second-order valence-corrected chi connectivity index (χ2v) is 7.86. The van der Waals surface area contributed by atoms with Crippen molar-refractivity contribution in [3.05, 3.63) is 77.4 Å². The van der Waals surface area contributed by atoms with E-state index in [0.29, 0.717) is 31.0 Å². The van der Waals surface area contributed by atoms with E-state index < -0.39 is 0 Å². The van der Waals surface area contributed by atoms with Gasteiger partial charge in [0.15, 0.2) is 0 Å². The summed E-state index contributed by atoms with van der Waals surface area (Å²) in [5.74, 6) is 0.605. The smallest absolute Gasteiger partial charge is 0.252 e. The number of amides is 1. The first-order chi connectivity index (χ1) is 14.6. The molecule has 1 aliphatic rings. The Kier molecular flexibility index (Phi) is 6.02. The Morgan fingerprint density at radius 2 is 1.87 bits per heavy atom. The fourth-order valence-corrected chi connectivity index (χ4v) is 3.89. The second-order valence-electron chi connectivity index (χ2n) is 7.86. The number of ether oxygens (including phenoxy) is 1. The Morgan fingerprint density at radius 3 is 2.67 bits per heavy atom. The summed E-state index contributed by atoms with van der Waals surface area (Å²) in [7, 11) is 0. The number of rotatable bonds is 9. The van der Waals surface area contributed by atoms with E-state index in [1.165, 1.54) is 16.3 Å². The van der Waals surface area contributed by atoms with E-state index in [1.54, 1.807) is 0 Å². The quantitative estimate of drug-likeness (QED) is 0.477. The van der Waals surface area contributed by atoms with Crippen molar-refractivity contribution < 1.29 is 14.6 Å². The summed E-state index contributed by atoms with van der Waals surface area (Å²) in [6.07, 6.45) is 1.89. The minimum atomic E-state index is -0.296. The average Bonchev–Trinajstić information content (AvgIpc) is 3.54. The van der Waals surface area contributed by atoms with Crippen molar-refractivity contribution in [1.82, 2.24) is 10.6 Å². The Morgan fingerprint density at radius 1 is 1.07 bits per heavy atom. The fourth-order valence-electron chi connectivity index (χ4n) is 3.89. The number of aryl methyl sites for hydroxylation is 1. The molecule has 0 heterocycles. The molecule has 3 aromatic carbocycles. The van der Waals surface area contributed by atoms with Crippen molar-refractivity contribution >= 4 is 16.7 Å². The van der Waals surface area contributed by atoms with Crippen LogP contribution < -0.4 is 15.4 Å². The number of aliphatic hydroxyl groups is 1. The SMILES string of the molecule is Cc1ccc(OCCNCCO)cc1C(=O)NC1(c2cccc3ccccc23)CC1. The molecule has 0 atom stereocenters. The van der Waals surface area contributed by atoms with Crippen LogP contribution in [-0.2, 0) is 5.54 Å². The Hall–Kier alpha value is -2.89. The number of fused-ring (bicyclic) bond motifs is 1. The molecule has 0 unspecified atom stereocenters. The summed E-state index contributed by atoms with van der Waals surface area (Å²) < 4.78 is 5.76. The lowest BCUT2D eigenvalue weighted by atomic mass is 9.96. The Balaban J connectivity index is 1.50. The maximum absolute atomic E-state index is 13.2. The van der Waals surface area contributed by atoms with Crippen LogP contribution in [-0.4, -0.2) is 37.3 Å². The van der Waals surface area contributed by atoms with Crippen LogP contribution in [0.4, 0.5) is 0 Å². The number of hydrogen-bond donors (Lipinski definition) is 3. The van der Waals surface area contributed by atoms with E-state index in [-0.39, 0.29) is 18.1 Å². The highest BCUT2D eigenvalue weighted by Gasteiger charge is 2.46. The first kappa shape index (κ1) is 20.4. The molecule has 0 saturated heterocycles. The van der Waals surface area contributed by atoms with E-state index >= 15 is 0 Å². The topological polar surface area (TPSA) is 70.6 Å². The molecule has 5 nitrogen and oxygen atoms in total. The molecule has 0 spiro atoms. The van der Waals surface area contributed by atoms with Gasteiger partial charge in [-0.05, 0) is 53.8 Å². The van der Waals surface area contributed by atoms with Gasteiger partial charge in [-0.25, -0.2) is 0 Å². The maximum atomic E-state index is 13.2. The lowest BCUT2D eigenvalue weighted by Gasteiger charge is -2.21. The Labute approximate surface area is 177 Å². The molecular formula is C25H28N2O3. The lowest BCUT2D eigenvalue weighted by Crippen LogP contribution is -2.35. The van der Waals surface area contributed by atoms with E-state index in [2.05, 4.69) is 41.0 Å². The summed E-state index contributed by atoms with van der Waals surface area (Å²) in [6, 6.07) is 20.2. The third kappa shape index (κ3) is 4.32. The summed E-state index contributed by atoms with van der Waals surface area (Å²) in [5.41, 5.74) is 2.46. The number of nitrogens with one attached hydrogen (secondary N) is 2. The highest BCUT2D eigenvalue weighted by molar-refractivity contribution is 5.97. The summed E-state index contributed by atoms with van der Waals surface area (Å²) >= 11 is 0. The summed E-state index contributed by atoms with van der Waals surface area (Å²) in [5, 5.41) is 17.6. The number of hydrogen-bond acceptors (Lipinski definition) is 4. The van der Waals surface area contributed by atoms with Crippen molar-refractivity contribution in [1.29, 1.82) is 0 Å². The molecule has 3 aromatic rings. The van der Waals surface area contributed by atoms with E-state index in [4.69, 9.17) is 9.84 Å². The monoisotopic (exact) mass is 404 g/mol. The van der Waals surface area contributed by atoms with Gasteiger partial charge in [0.1, 0.15) is 12.4 Å². The normalized spacial score (nSPS) is 14.5. The summed E-state index contributed by atoms with van der Waals surface area (Å²) in [6.45, 7) is 3.71. The molecule has 0 aliphatic heterocycles. The van der Waals surface area contributed by atoms with E-state index in [1.807, 2.05) is 37.3 Å². The molecule has 1 amide bonds. The maximum Gasteiger partial charge on any atom is 0.252 e. The van der Waals surface area contributed by atoms with Crippen LogP contribution in [0.1, 0.15) is 34.3 Å². The Bertz CT molecular complexity index is 1040. The zero-order chi connectivity index (χ0) is 21.0. The number of carbonyl (C=O) groups excluding carboxylic acids is 1. The third-order valence-corrected chi connectivity index (χ3v) is 5.70. The highest BCUT2D eigenvalue weighted by Crippen LogP contribution is 2.48. The van der Waals surface area contributed by atoms with Gasteiger partial charge in [0, 0.05) is 18.7 Å². The second kappa shape index (κ2) is 8.86. The molecule has 5 heteroatoms. The molecule has 1 saturated carbocycles. The van der Waals surface area contributed by atoms with Gasteiger partial charge in [-0.2, -0.15) is 0 Å². The van der Waals surface area contributed by atoms with Crippen LogP contribution in [0, 0.1) is 6.92 Å². The predicted molar refractivity (Wildman–Crippen MR) is 119 cm³/mol. The predicted octanol–water partition coefficient (Wildman–Crippen LogP) is 3.53. The third-order valence-electron chi connectivity index (χ3n) is 5.70. The lowest BCUT2D eigenvalue weighted by molar-refractivity contribution is 0.0930. The molecule has 156 valence electrons. The van der Waals surface area contributed by atoms with Crippen molar-refractivity contribution in [3.63, 3.8) is 0 Å². The van der Waals surface area contributed by atoms with Gasteiger partial charge in [-0.3, -0.25) is 4.79 Å². The standard InChI is InChI=1S/C25H28N2O3/c1-18-9-10-20(30-16-14-26-13-15-28)17-22(18)24(29)27-25(11-12-25)23-8-4-6-19-5-2-3-7-21(19)23/h2-10,17,26,28H,11-16H2,1H3,(H,27,29). The first-order valence-electron chi connectivity index (χ1n) is 10.5. The molecule has 0 bridgehead atoms. The van der Waals surface area contributed by atoms with Gasteiger partial charge in [0.2, 0.25) is 0 Å². The van der Waals surface area contributed by atoms with Gasteiger partial charge in [-0.15, -0.1) is 0 Å². The molecule has 1 fully saturated rings. The van der Waals surface area contributed by atoms with Gasteiger partial charge in [0.25, 0.3) is 5.91 Å². The minimum Gasteiger partial charge on any atom is -0.492 e. The number of carbonyl (C=O) groups is 1. The molecule has 30 heavy (non-hydrogen) atoms. The van der Waals surface area contributed by atoms with Crippen LogP contribution in [0.3, 0.4) is 0 Å².